The molecule has 3 N–H and O–H groups in total. The molecule has 8 nitrogen and oxygen atoms in total. The fourth-order valence-corrected chi connectivity index (χ4v) is 3.39. The summed E-state index contributed by atoms with van der Waals surface area (Å²) in [6, 6.07) is 10.5. The maximum absolute atomic E-state index is 13.0. The predicted octanol–water partition coefficient (Wildman–Crippen LogP) is 3.93. The van der Waals surface area contributed by atoms with Gasteiger partial charge in [-0.05, 0) is 53.0 Å². The van der Waals surface area contributed by atoms with Crippen molar-refractivity contribution in [3.63, 3.8) is 0 Å². The molecule has 9 heteroatoms. The Morgan fingerprint density at radius 2 is 1.93 bits per heavy atom. The Morgan fingerprint density at radius 1 is 1.21 bits per heavy atom. The molecule has 1 aliphatic rings. The molecule has 0 bridgehead atoms. The highest BCUT2D eigenvalue weighted by atomic mass is 79.9. The quantitative estimate of drug-likeness (QED) is 0.489. The second-order valence-electron chi connectivity index (χ2n) is 6.31. The summed E-state index contributed by atoms with van der Waals surface area (Å²) in [5.41, 5.74) is 2.47. The van der Waals surface area contributed by atoms with E-state index in [1.807, 2.05) is 19.1 Å². The summed E-state index contributed by atoms with van der Waals surface area (Å²) < 4.78 is 0.313. The van der Waals surface area contributed by atoms with Crippen LogP contribution < -0.4 is 16.0 Å². The number of aryl methyl sites for hydroxylation is 1. The molecule has 1 aliphatic heterocycles. The Hall–Kier alpha value is -3.20. The summed E-state index contributed by atoms with van der Waals surface area (Å²) in [7, 11) is 0. The number of hydrogen-bond acceptors (Lipinski definition) is 4. The van der Waals surface area contributed by atoms with E-state index in [1.165, 1.54) is 12.1 Å². The first kappa shape index (κ1) is 19.6. The highest BCUT2D eigenvalue weighted by Crippen LogP contribution is 2.33. The van der Waals surface area contributed by atoms with E-state index in [1.54, 1.807) is 25.1 Å². The number of allylic oxidation sites excluding steroid dienone is 1. The number of nitro groups is 1. The van der Waals surface area contributed by atoms with Gasteiger partial charge in [-0.15, -0.1) is 0 Å². The average molecular weight is 445 g/mol. The van der Waals surface area contributed by atoms with Gasteiger partial charge in [-0.1, -0.05) is 24.3 Å². The maximum atomic E-state index is 13.0. The van der Waals surface area contributed by atoms with Gasteiger partial charge >= 0.3 is 6.03 Å². The van der Waals surface area contributed by atoms with E-state index >= 15 is 0 Å². The number of carbonyl (C=O) groups is 2. The van der Waals surface area contributed by atoms with Gasteiger partial charge in [0.2, 0.25) is 0 Å². The van der Waals surface area contributed by atoms with Crippen LogP contribution in [0.25, 0.3) is 0 Å². The van der Waals surface area contributed by atoms with Crippen LogP contribution in [0, 0.1) is 17.0 Å². The Labute approximate surface area is 169 Å². The molecule has 0 fully saturated rings. The zero-order valence-electron chi connectivity index (χ0n) is 15.1. The van der Waals surface area contributed by atoms with E-state index in [2.05, 4.69) is 31.9 Å². The number of carbonyl (C=O) groups excluding carboxylic acids is 2. The van der Waals surface area contributed by atoms with Gasteiger partial charge < -0.3 is 16.0 Å². The van der Waals surface area contributed by atoms with E-state index < -0.39 is 22.9 Å². The molecule has 0 radical (unpaired) electrons. The van der Waals surface area contributed by atoms with E-state index in [0.29, 0.717) is 21.4 Å². The van der Waals surface area contributed by atoms with Crippen LogP contribution in [0.2, 0.25) is 0 Å². The van der Waals surface area contributed by atoms with Crippen molar-refractivity contribution in [2.45, 2.75) is 19.9 Å². The third-order valence-corrected chi connectivity index (χ3v) is 5.08. The summed E-state index contributed by atoms with van der Waals surface area (Å²) in [5.74, 6) is -0.408. The lowest BCUT2D eigenvalue weighted by molar-refractivity contribution is -0.385. The Kier molecular flexibility index (Phi) is 5.46. The van der Waals surface area contributed by atoms with Crippen molar-refractivity contribution < 1.29 is 14.5 Å². The Bertz CT molecular complexity index is 1020. The lowest BCUT2D eigenvalue weighted by Gasteiger charge is -2.28. The molecular formula is C19H17BrN4O4. The molecule has 1 atom stereocenters. The number of anilines is 1. The van der Waals surface area contributed by atoms with Gasteiger partial charge in [-0.2, -0.15) is 0 Å². The van der Waals surface area contributed by atoms with Crippen LogP contribution in [0.1, 0.15) is 24.1 Å². The fourth-order valence-electron chi connectivity index (χ4n) is 3.00. The molecule has 0 aliphatic carbocycles. The number of halogens is 1. The molecule has 144 valence electrons. The summed E-state index contributed by atoms with van der Waals surface area (Å²) >= 11 is 3.14. The molecule has 3 amide bonds. The van der Waals surface area contributed by atoms with E-state index in [9.17, 15) is 19.7 Å². The highest BCUT2D eigenvalue weighted by molar-refractivity contribution is 9.10. The largest absolute Gasteiger partial charge is 0.327 e. The van der Waals surface area contributed by atoms with Gasteiger partial charge in [0.25, 0.3) is 11.6 Å². The van der Waals surface area contributed by atoms with Crippen LogP contribution in [0.15, 0.2) is 58.2 Å². The summed E-state index contributed by atoms with van der Waals surface area (Å²) in [4.78, 5) is 35.7. The third kappa shape index (κ3) is 3.89. The minimum Gasteiger partial charge on any atom is -0.327 e. The Balaban J connectivity index is 2.02. The van der Waals surface area contributed by atoms with Crippen molar-refractivity contribution in [2.24, 2.45) is 0 Å². The second-order valence-corrected chi connectivity index (χ2v) is 7.16. The zero-order valence-corrected chi connectivity index (χ0v) is 16.7. The normalized spacial score (nSPS) is 16.2. The second kappa shape index (κ2) is 7.81. The number of nitrogens with zero attached hydrogens (tertiary/aromatic N) is 1. The van der Waals surface area contributed by atoms with Gasteiger partial charge in [-0.3, -0.25) is 14.9 Å². The minimum atomic E-state index is -0.829. The van der Waals surface area contributed by atoms with Gasteiger partial charge in [0.05, 0.1) is 21.0 Å². The van der Waals surface area contributed by atoms with Crippen LogP contribution in [0.5, 0.6) is 0 Å². The molecule has 0 saturated carbocycles. The van der Waals surface area contributed by atoms with Crippen LogP contribution in [0.3, 0.4) is 0 Å². The molecule has 3 rings (SSSR count). The van der Waals surface area contributed by atoms with Crippen LogP contribution in [-0.4, -0.2) is 16.9 Å². The van der Waals surface area contributed by atoms with Crippen molar-refractivity contribution in [3.8, 4) is 0 Å². The number of hydrogen-bond donors (Lipinski definition) is 3. The molecule has 0 unspecified atom stereocenters. The SMILES string of the molecule is CC1=C(C(=O)Nc2ccccc2C)[C@@H](c2ccc(Br)c([N+](=O)[O-])c2)NC(=O)N1. The first-order chi connectivity index (χ1) is 13.3. The zero-order chi connectivity index (χ0) is 20.4. The molecule has 0 spiro atoms. The summed E-state index contributed by atoms with van der Waals surface area (Å²) in [5, 5.41) is 19.4. The molecule has 0 aromatic heterocycles. The molecular weight excluding hydrogens is 428 g/mol. The van der Waals surface area contributed by atoms with Crippen molar-refractivity contribution in [1.82, 2.24) is 10.6 Å². The van der Waals surface area contributed by atoms with Crippen LogP contribution >= 0.6 is 15.9 Å². The van der Waals surface area contributed by atoms with Gasteiger partial charge in [0.15, 0.2) is 0 Å². The molecule has 2 aromatic carbocycles. The lowest BCUT2D eigenvalue weighted by Crippen LogP contribution is -2.46. The van der Waals surface area contributed by atoms with Crippen LogP contribution in [-0.2, 0) is 4.79 Å². The van der Waals surface area contributed by atoms with Gasteiger partial charge in [0.1, 0.15) is 0 Å². The number of nitro benzene ring substituents is 1. The van der Waals surface area contributed by atoms with E-state index in [0.717, 1.165) is 5.56 Å². The lowest BCUT2D eigenvalue weighted by atomic mass is 9.94. The fraction of sp³-hybridized carbons (Fsp3) is 0.158. The average Bonchev–Trinajstić information content (AvgIpc) is 2.63. The monoisotopic (exact) mass is 444 g/mol. The Morgan fingerprint density at radius 3 is 2.61 bits per heavy atom. The number of urea groups is 1. The highest BCUT2D eigenvalue weighted by Gasteiger charge is 2.32. The van der Waals surface area contributed by atoms with E-state index in [4.69, 9.17) is 0 Å². The minimum absolute atomic E-state index is 0.151. The number of benzene rings is 2. The van der Waals surface area contributed by atoms with Crippen molar-refractivity contribution in [2.75, 3.05) is 5.32 Å². The van der Waals surface area contributed by atoms with Crippen molar-refractivity contribution in [3.05, 3.63) is 79.4 Å². The number of nitrogens with one attached hydrogen (secondary N) is 3. The standard InChI is InChI=1S/C19H17BrN4O4/c1-10-5-3-4-6-14(10)22-18(25)16-11(2)21-19(26)23-17(16)12-7-8-13(20)15(9-12)24(27)28/h3-9,17H,1-2H3,(H,22,25)(H2,21,23,26)/t17-/m1/s1. The maximum Gasteiger partial charge on any atom is 0.319 e. The molecule has 1 heterocycles. The van der Waals surface area contributed by atoms with Crippen molar-refractivity contribution >= 4 is 39.2 Å². The molecule has 0 saturated heterocycles. The first-order valence-corrected chi connectivity index (χ1v) is 9.16. The number of rotatable bonds is 4. The molecule has 2 aromatic rings. The summed E-state index contributed by atoms with van der Waals surface area (Å²) in [6.45, 7) is 3.49. The number of para-hydroxylation sites is 1. The molecule has 28 heavy (non-hydrogen) atoms. The van der Waals surface area contributed by atoms with E-state index in [-0.39, 0.29) is 11.3 Å². The number of amides is 3. The van der Waals surface area contributed by atoms with Gasteiger partial charge in [-0.25, -0.2) is 4.79 Å². The van der Waals surface area contributed by atoms with Crippen LogP contribution in [0.4, 0.5) is 16.2 Å². The topological polar surface area (TPSA) is 113 Å². The smallest absolute Gasteiger partial charge is 0.319 e. The summed E-state index contributed by atoms with van der Waals surface area (Å²) in [6.07, 6.45) is 0. The predicted molar refractivity (Wildman–Crippen MR) is 108 cm³/mol. The third-order valence-electron chi connectivity index (χ3n) is 4.41. The van der Waals surface area contributed by atoms with Gasteiger partial charge in [0, 0.05) is 17.5 Å². The van der Waals surface area contributed by atoms with Crippen molar-refractivity contribution in [1.29, 1.82) is 0 Å². The first-order valence-electron chi connectivity index (χ1n) is 8.37.